The van der Waals surface area contributed by atoms with Crippen molar-refractivity contribution in [1.82, 2.24) is 5.32 Å². The summed E-state index contributed by atoms with van der Waals surface area (Å²) in [6.45, 7) is 0.420. The number of carbonyl (C=O) groups is 2. The van der Waals surface area contributed by atoms with Crippen LogP contribution in [0.3, 0.4) is 0 Å². The van der Waals surface area contributed by atoms with Gasteiger partial charge in [0, 0.05) is 21.0 Å². The molecule has 1 aromatic rings. The first-order valence-electron chi connectivity index (χ1n) is 4.64. The number of anilines is 1. The van der Waals surface area contributed by atoms with Crippen molar-refractivity contribution in [1.29, 1.82) is 0 Å². The molecule has 84 valence electrons. The van der Waals surface area contributed by atoms with Gasteiger partial charge in [0.05, 0.1) is 5.69 Å². The van der Waals surface area contributed by atoms with Crippen molar-refractivity contribution in [2.75, 3.05) is 11.4 Å². The number of halogens is 2. The number of nitrogens with zero attached hydrogens (tertiary/aromatic N) is 1. The van der Waals surface area contributed by atoms with Gasteiger partial charge in [-0.05, 0) is 56.7 Å². The van der Waals surface area contributed by atoms with E-state index in [1.165, 1.54) is 0 Å². The number of hydrogen-bond donors (Lipinski definition) is 1. The molecule has 4 nitrogen and oxygen atoms in total. The second kappa shape index (κ2) is 4.70. The summed E-state index contributed by atoms with van der Waals surface area (Å²) >= 11 is 5.61. The van der Waals surface area contributed by atoms with Crippen LogP contribution in [0.2, 0.25) is 0 Å². The molecule has 0 radical (unpaired) electrons. The summed E-state index contributed by atoms with van der Waals surface area (Å²) in [6, 6.07) is 5.35. The molecule has 2 rings (SSSR count). The number of nitrogens with one attached hydrogen (secondary N) is 1. The van der Waals surface area contributed by atoms with Crippen LogP contribution in [0.5, 0.6) is 0 Å². The minimum absolute atomic E-state index is 0.220. The molecule has 1 aliphatic rings. The summed E-state index contributed by atoms with van der Waals surface area (Å²) < 4.78 is 1.94. The number of rotatable bonds is 1. The zero-order valence-corrected chi connectivity index (χ0v) is 11.9. The molecule has 0 aromatic heterocycles. The number of imide groups is 1. The third-order valence-electron chi connectivity index (χ3n) is 2.25. The number of urea groups is 1. The Morgan fingerprint density at radius 1 is 1.38 bits per heavy atom. The predicted octanol–water partition coefficient (Wildman–Crippen LogP) is 2.50. The second-order valence-corrected chi connectivity index (χ2v) is 5.45. The van der Waals surface area contributed by atoms with Crippen LogP contribution in [0.4, 0.5) is 10.5 Å². The zero-order chi connectivity index (χ0) is 11.7. The van der Waals surface area contributed by atoms with Crippen LogP contribution in [0.15, 0.2) is 22.7 Å². The molecule has 1 fully saturated rings. The lowest BCUT2D eigenvalue weighted by Crippen LogP contribution is -2.49. The molecule has 1 heterocycles. The van der Waals surface area contributed by atoms with Gasteiger partial charge in [-0.25, -0.2) is 4.79 Å². The molecule has 0 atom stereocenters. The van der Waals surface area contributed by atoms with Crippen LogP contribution >= 0.6 is 38.5 Å². The van der Waals surface area contributed by atoms with Gasteiger partial charge in [-0.15, -0.1) is 0 Å². The van der Waals surface area contributed by atoms with Crippen molar-refractivity contribution in [2.45, 2.75) is 6.42 Å². The summed E-state index contributed by atoms with van der Waals surface area (Å²) in [5, 5.41) is 2.30. The summed E-state index contributed by atoms with van der Waals surface area (Å²) in [6.07, 6.45) is 0.337. The van der Waals surface area contributed by atoms with Gasteiger partial charge < -0.3 is 0 Å². The average molecular weight is 395 g/mol. The first-order chi connectivity index (χ1) is 7.58. The van der Waals surface area contributed by atoms with E-state index in [1.807, 2.05) is 18.2 Å². The highest BCUT2D eigenvalue weighted by atomic mass is 127. The van der Waals surface area contributed by atoms with Gasteiger partial charge in [-0.2, -0.15) is 0 Å². The number of amides is 3. The molecule has 16 heavy (non-hydrogen) atoms. The molecule has 1 saturated heterocycles. The van der Waals surface area contributed by atoms with E-state index in [9.17, 15) is 9.59 Å². The Kier molecular flexibility index (Phi) is 3.48. The molecule has 6 heteroatoms. The van der Waals surface area contributed by atoms with E-state index >= 15 is 0 Å². The highest BCUT2D eigenvalue weighted by molar-refractivity contribution is 14.1. The van der Waals surface area contributed by atoms with Gasteiger partial charge in [0.15, 0.2) is 0 Å². The van der Waals surface area contributed by atoms with Gasteiger partial charge in [0.25, 0.3) is 0 Å². The SMILES string of the molecule is O=C1CCN(c2ccc(I)cc2Br)C(=O)N1. The maximum atomic E-state index is 11.6. The lowest BCUT2D eigenvalue weighted by Gasteiger charge is -2.27. The van der Waals surface area contributed by atoms with Gasteiger partial charge in [0.2, 0.25) is 5.91 Å². The molecule has 0 aliphatic carbocycles. The van der Waals surface area contributed by atoms with Gasteiger partial charge >= 0.3 is 6.03 Å². The standard InChI is InChI=1S/C10H8BrIN2O2/c11-7-5-6(12)1-2-8(7)14-4-3-9(15)13-10(14)16/h1-2,5H,3-4H2,(H,13,15,16). The topological polar surface area (TPSA) is 49.4 Å². The quantitative estimate of drug-likeness (QED) is 0.744. The van der Waals surface area contributed by atoms with E-state index in [0.717, 1.165) is 13.7 Å². The van der Waals surface area contributed by atoms with Crippen molar-refractivity contribution in [3.63, 3.8) is 0 Å². The Morgan fingerprint density at radius 3 is 2.75 bits per heavy atom. The van der Waals surface area contributed by atoms with Crippen molar-refractivity contribution < 1.29 is 9.59 Å². The average Bonchev–Trinajstić information content (AvgIpc) is 2.19. The smallest absolute Gasteiger partial charge is 0.292 e. The highest BCUT2D eigenvalue weighted by Crippen LogP contribution is 2.28. The Bertz CT molecular complexity index is 464. The maximum absolute atomic E-state index is 11.6. The van der Waals surface area contributed by atoms with Crippen LogP contribution in [0, 0.1) is 3.57 Å². The van der Waals surface area contributed by atoms with Crippen LogP contribution in [-0.2, 0) is 4.79 Å². The molecule has 0 spiro atoms. The lowest BCUT2D eigenvalue weighted by molar-refractivity contribution is -0.120. The van der Waals surface area contributed by atoms with Crippen molar-refractivity contribution in [3.8, 4) is 0 Å². The van der Waals surface area contributed by atoms with Crippen molar-refractivity contribution in [2.24, 2.45) is 0 Å². The molecule has 0 saturated carbocycles. The number of hydrogen-bond acceptors (Lipinski definition) is 2. The van der Waals surface area contributed by atoms with Crippen LogP contribution in [0.1, 0.15) is 6.42 Å². The Morgan fingerprint density at radius 2 is 2.12 bits per heavy atom. The number of benzene rings is 1. The molecule has 0 unspecified atom stereocenters. The van der Waals surface area contributed by atoms with E-state index in [0.29, 0.717) is 13.0 Å². The molecule has 0 bridgehead atoms. The third kappa shape index (κ3) is 2.37. The minimum atomic E-state index is -0.363. The molecule has 1 N–H and O–H groups in total. The van der Waals surface area contributed by atoms with E-state index in [4.69, 9.17) is 0 Å². The fraction of sp³-hybridized carbons (Fsp3) is 0.200. The lowest BCUT2D eigenvalue weighted by atomic mass is 10.2. The minimum Gasteiger partial charge on any atom is -0.292 e. The summed E-state index contributed by atoms with van der Waals surface area (Å²) in [4.78, 5) is 24.2. The molecular formula is C10H8BrIN2O2. The normalized spacial score (nSPS) is 16.2. The number of carbonyl (C=O) groups excluding carboxylic acids is 2. The van der Waals surface area contributed by atoms with E-state index in [2.05, 4.69) is 43.8 Å². The van der Waals surface area contributed by atoms with Gasteiger partial charge in [-0.1, -0.05) is 0 Å². The Labute approximate surface area is 115 Å². The summed E-state index contributed by atoms with van der Waals surface area (Å²) in [7, 11) is 0. The first-order valence-corrected chi connectivity index (χ1v) is 6.51. The second-order valence-electron chi connectivity index (χ2n) is 3.35. The summed E-state index contributed by atoms with van der Waals surface area (Å²) in [5.41, 5.74) is 0.783. The fourth-order valence-corrected chi connectivity index (χ4v) is 3.01. The van der Waals surface area contributed by atoms with Gasteiger partial charge in [0.1, 0.15) is 0 Å². The highest BCUT2D eigenvalue weighted by Gasteiger charge is 2.25. The van der Waals surface area contributed by atoms with E-state index < -0.39 is 0 Å². The van der Waals surface area contributed by atoms with E-state index in [-0.39, 0.29) is 11.9 Å². The Hall–Kier alpha value is -0.630. The third-order valence-corrected chi connectivity index (χ3v) is 3.56. The molecule has 1 aromatic carbocycles. The van der Waals surface area contributed by atoms with Gasteiger partial charge in [-0.3, -0.25) is 15.0 Å². The molecule has 1 aliphatic heterocycles. The van der Waals surface area contributed by atoms with Crippen LogP contribution < -0.4 is 10.2 Å². The van der Waals surface area contributed by atoms with E-state index in [1.54, 1.807) is 4.90 Å². The van der Waals surface area contributed by atoms with Crippen molar-refractivity contribution >= 4 is 56.1 Å². The monoisotopic (exact) mass is 394 g/mol. The first kappa shape index (κ1) is 11.8. The van der Waals surface area contributed by atoms with Crippen LogP contribution in [0.25, 0.3) is 0 Å². The summed E-state index contributed by atoms with van der Waals surface area (Å²) in [5.74, 6) is -0.220. The van der Waals surface area contributed by atoms with Crippen LogP contribution in [-0.4, -0.2) is 18.5 Å². The predicted molar refractivity (Wildman–Crippen MR) is 72.4 cm³/mol. The largest absolute Gasteiger partial charge is 0.328 e. The molecule has 3 amide bonds. The maximum Gasteiger partial charge on any atom is 0.328 e. The van der Waals surface area contributed by atoms with Crippen molar-refractivity contribution in [3.05, 3.63) is 26.2 Å². The molecular weight excluding hydrogens is 387 g/mol. The fourth-order valence-electron chi connectivity index (χ4n) is 1.49. The Balaban J connectivity index is 2.30. The zero-order valence-electron chi connectivity index (χ0n) is 8.17.